The number of aromatic nitrogens is 1. The molecule has 3 nitrogen and oxygen atoms in total. The SMILES string of the molecule is CC1CCC(N(C)C(=O)CSc2nc3ccccc3s2)CC1. The molecule has 1 fully saturated rings. The Morgan fingerprint density at radius 1 is 1.32 bits per heavy atom. The molecule has 0 spiro atoms. The highest BCUT2D eigenvalue weighted by Gasteiger charge is 2.24. The number of carbonyl (C=O) groups is 1. The molecule has 1 saturated carbocycles. The lowest BCUT2D eigenvalue weighted by molar-refractivity contribution is -0.129. The molecule has 0 bridgehead atoms. The van der Waals surface area contributed by atoms with Gasteiger partial charge in [-0.3, -0.25) is 4.79 Å². The number of benzene rings is 1. The summed E-state index contributed by atoms with van der Waals surface area (Å²) in [7, 11) is 1.96. The van der Waals surface area contributed by atoms with E-state index in [1.165, 1.54) is 17.5 Å². The van der Waals surface area contributed by atoms with E-state index in [0.717, 1.165) is 28.6 Å². The van der Waals surface area contributed by atoms with Gasteiger partial charge in [-0.25, -0.2) is 4.98 Å². The molecule has 1 aromatic carbocycles. The molecule has 0 aliphatic heterocycles. The molecule has 1 aromatic heterocycles. The summed E-state index contributed by atoms with van der Waals surface area (Å²) in [6.07, 6.45) is 4.78. The van der Waals surface area contributed by atoms with Crippen LogP contribution in [0.15, 0.2) is 28.6 Å². The van der Waals surface area contributed by atoms with E-state index < -0.39 is 0 Å². The lowest BCUT2D eigenvalue weighted by Crippen LogP contribution is -2.40. The van der Waals surface area contributed by atoms with Gasteiger partial charge in [0.2, 0.25) is 5.91 Å². The van der Waals surface area contributed by atoms with Gasteiger partial charge in [0.05, 0.1) is 16.0 Å². The fourth-order valence-corrected chi connectivity index (χ4v) is 4.96. The third-order valence-corrected chi connectivity index (χ3v) is 6.68. The van der Waals surface area contributed by atoms with Crippen molar-refractivity contribution < 1.29 is 4.79 Å². The summed E-state index contributed by atoms with van der Waals surface area (Å²) in [6.45, 7) is 2.31. The summed E-state index contributed by atoms with van der Waals surface area (Å²) in [6, 6.07) is 8.55. The zero-order valence-electron chi connectivity index (χ0n) is 13.1. The van der Waals surface area contributed by atoms with Crippen LogP contribution in [0.1, 0.15) is 32.6 Å². The van der Waals surface area contributed by atoms with Crippen LogP contribution in [0, 0.1) is 5.92 Å². The van der Waals surface area contributed by atoms with Crippen LogP contribution >= 0.6 is 23.1 Å². The van der Waals surface area contributed by atoms with Gasteiger partial charge in [0, 0.05) is 13.1 Å². The fourth-order valence-electron chi connectivity index (χ4n) is 2.97. The van der Waals surface area contributed by atoms with Gasteiger partial charge in [0.1, 0.15) is 0 Å². The Balaban J connectivity index is 1.55. The maximum atomic E-state index is 12.4. The molecule has 22 heavy (non-hydrogen) atoms. The minimum absolute atomic E-state index is 0.226. The second-order valence-electron chi connectivity index (χ2n) is 6.15. The van der Waals surface area contributed by atoms with E-state index in [0.29, 0.717) is 11.8 Å². The van der Waals surface area contributed by atoms with E-state index in [1.807, 2.05) is 30.1 Å². The molecule has 0 saturated heterocycles. The zero-order valence-corrected chi connectivity index (χ0v) is 14.8. The standard InChI is InChI=1S/C17H22N2OS2/c1-12-7-9-13(10-8-12)19(2)16(20)11-21-17-18-14-5-3-4-6-15(14)22-17/h3-6,12-13H,7-11H2,1-2H3. The van der Waals surface area contributed by atoms with Crippen LogP contribution in [0.2, 0.25) is 0 Å². The zero-order chi connectivity index (χ0) is 15.5. The van der Waals surface area contributed by atoms with Gasteiger partial charge in [-0.05, 0) is 43.7 Å². The second kappa shape index (κ2) is 7.01. The number of para-hydroxylation sites is 1. The number of rotatable bonds is 4. The molecule has 0 N–H and O–H groups in total. The number of thioether (sulfide) groups is 1. The third-order valence-electron chi connectivity index (χ3n) is 4.52. The highest BCUT2D eigenvalue weighted by Crippen LogP contribution is 2.30. The van der Waals surface area contributed by atoms with Crippen LogP contribution in [0.4, 0.5) is 0 Å². The highest BCUT2D eigenvalue weighted by atomic mass is 32.2. The highest BCUT2D eigenvalue weighted by molar-refractivity contribution is 8.01. The first-order chi connectivity index (χ1) is 10.6. The smallest absolute Gasteiger partial charge is 0.233 e. The van der Waals surface area contributed by atoms with Gasteiger partial charge in [-0.2, -0.15) is 0 Å². The predicted molar refractivity (Wildman–Crippen MR) is 94.5 cm³/mol. The number of amides is 1. The number of carbonyl (C=O) groups excluding carboxylic acids is 1. The lowest BCUT2D eigenvalue weighted by Gasteiger charge is -2.33. The number of nitrogens with zero attached hydrogens (tertiary/aromatic N) is 2. The van der Waals surface area contributed by atoms with Crippen molar-refractivity contribution in [2.24, 2.45) is 5.92 Å². The van der Waals surface area contributed by atoms with Crippen LogP contribution in [-0.4, -0.2) is 34.6 Å². The minimum atomic E-state index is 0.226. The molecule has 1 heterocycles. The number of hydrogen-bond acceptors (Lipinski definition) is 4. The molecule has 3 rings (SSSR count). The Morgan fingerprint density at radius 2 is 2.05 bits per heavy atom. The summed E-state index contributed by atoms with van der Waals surface area (Å²) in [5, 5.41) is 0. The van der Waals surface area contributed by atoms with Crippen molar-refractivity contribution in [2.45, 2.75) is 43.0 Å². The van der Waals surface area contributed by atoms with Crippen LogP contribution in [0.3, 0.4) is 0 Å². The van der Waals surface area contributed by atoms with Crippen molar-refractivity contribution in [1.82, 2.24) is 9.88 Å². The Morgan fingerprint density at radius 3 is 2.77 bits per heavy atom. The Hall–Kier alpha value is -1.07. The first-order valence-corrected chi connectivity index (χ1v) is 9.67. The molecule has 0 atom stereocenters. The lowest BCUT2D eigenvalue weighted by atomic mass is 9.87. The van der Waals surface area contributed by atoms with E-state index >= 15 is 0 Å². The fraction of sp³-hybridized carbons (Fsp3) is 0.529. The van der Waals surface area contributed by atoms with Gasteiger partial charge in [0.15, 0.2) is 4.34 Å². The average molecular weight is 335 g/mol. The largest absolute Gasteiger partial charge is 0.342 e. The van der Waals surface area contributed by atoms with Crippen LogP contribution in [0.5, 0.6) is 0 Å². The summed E-state index contributed by atoms with van der Waals surface area (Å²) >= 11 is 3.23. The van der Waals surface area contributed by atoms with Crippen molar-refractivity contribution in [2.75, 3.05) is 12.8 Å². The summed E-state index contributed by atoms with van der Waals surface area (Å²) in [5.74, 6) is 1.53. The topological polar surface area (TPSA) is 33.2 Å². The number of fused-ring (bicyclic) bond motifs is 1. The maximum Gasteiger partial charge on any atom is 0.233 e. The molecule has 1 amide bonds. The minimum Gasteiger partial charge on any atom is -0.342 e. The first kappa shape index (κ1) is 15.8. The number of hydrogen-bond donors (Lipinski definition) is 0. The Bertz CT molecular complexity index is 614. The maximum absolute atomic E-state index is 12.4. The van der Waals surface area contributed by atoms with Gasteiger partial charge in [-0.15, -0.1) is 11.3 Å². The van der Waals surface area contributed by atoms with Crippen molar-refractivity contribution in [3.63, 3.8) is 0 Å². The van der Waals surface area contributed by atoms with Crippen molar-refractivity contribution >= 4 is 39.2 Å². The monoisotopic (exact) mass is 334 g/mol. The van der Waals surface area contributed by atoms with E-state index in [9.17, 15) is 4.79 Å². The predicted octanol–water partition coefficient (Wildman–Crippen LogP) is 4.43. The van der Waals surface area contributed by atoms with Crippen molar-refractivity contribution in [3.05, 3.63) is 24.3 Å². The van der Waals surface area contributed by atoms with Crippen molar-refractivity contribution in [3.8, 4) is 0 Å². The van der Waals surface area contributed by atoms with Gasteiger partial charge in [0.25, 0.3) is 0 Å². The molecule has 2 aromatic rings. The Labute approximate surface area is 140 Å². The van der Waals surface area contributed by atoms with Gasteiger partial charge in [-0.1, -0.05) is 30.8 Å². The summed E-state index contributed by atoms with van der Waals surface area (Å²) in [5.41, 5.74) is 1.03. The molecular formula is C17H22N2OS2. The average Bonchev–Trinajstić information content (AvgIpc) is 2.95. The molecule has 0 radical (unpaired) electrons. The summed E-state index contributed by atoms with van der Waals surface area (Å²) < 4.78 is 2.17. The Kier molecular flexibility index (Phi) is 5.03. The molecular weight excluding hydrogens is 312 g/mol. The van der Waals surface area contributed by atoms with E-state index in [4.69, 9.17) is 0 Å². The molecule has 1 aliphatic carbocycles. The second-order valence-corrected chi connectivity index (χ2v) is 8.41. The quantitative estimate of drug-likeness (QED) is 0.776. The normalized spacial score (nSPS) is 21.9. The van der Waals surface area contributed by atoms with Crippen LogP contribution < -0.4 is 0 Å². The molecule has 0 unspecified atom stereocenters. The van der Waals surface area contributed by atoms with Gasteiger partial charge >= 0.3 is 0 Å². The molecule has 5 heteroatoms. The van der Waals surface area contributed by atoms with Crippen molar-refractivity contribution in [1.29, 1.82) is 0 Å². The van der Waals surface area contributed by atoms with E-state index in [2.05, 4.69) is 18.0 Å². The van der Waals surface area contributed by atoms with Crippen LogP contribution in [0.25, 0.3) is 10.2 Å². The van der Waals surface area contributed by atoms with E-state index in [-0.39, 0.29) is 5.91 Å². The first-order valence-electron chi connectivity index (χ1n) is 7.87. The van der Waals surface area contributed by atoms with E-state index in [1.54, 1.807) is 23.1 Å². The molecule has 1 aliphatic rings. The molecule has 118 valence electrons. The summed E-state index contributed by atoms with van der Waals surface area (Å²) in [4.78, 5) is 18.9. The van der Waals surface area contributed by atoms with Crippen LogP contribution in [-0.2, 0) is 4.79 Å². The van der Waals surface area contributed by atoms with Gasteiger partial charge < -0.3 is 4.90 Å². The third kappa shape index (κ3) is 3.63. The number of thiazole rings is 1.